The Bertz CT molecular complexity index is 738. The van der Waals surface area contributed by atoms with Gasteiger partial charge in [0.1, 0.15) is 5.75 Å². The summed E-state index contributed by atoms with van der Waals surface area (Å²) in [7, 11) is 0. The summed E-state index contributed by atoms with van der Waals surface area (Å²) < 4.78 is 0. The average Bonchev–Trinajstić information content (AvgIpc) is 2.48. The Morgan fingerprint density at radius 3 is 2.59 bits per heavy atom. The number of hydrazone groups is 1. The molecule has 0 aliphatic carbocycles. The summed E-state index contributed by atoms with van der Waals surface area (Å²) in [5.41, 5.74) is 2.61. The Morgan fingerprint density at radius 2 is 1.86 bits per heavy atom. The van der Waals surface area contributed by atoms with Crippen molar-refractivity contribution in [2.24, 2.45) is 5.10 Å². The number of aromatic hydroxyl groups is 1. The number of phenols is 1. The van der Waals surface area contributed by atoms with Crippen molar-refractivity contribution < 1.29 is 14.7 Å². The van der Waals surface area contributed by atoms with Crippen molar-refractivity contribution >= 4 is 28.8 Å². The van der Waals surface area contributed by atoms with Gasteiger partial charge in [-0.1, -0.05) is 30.3 Å². The molecule has 0 heterocycles. The first-order valence-corrected chi connectivity index (χ1v) is 6.83. The normalized spacial score (nSPS) is 11.0. The van der Waals surface area contributed by atoms with E-state index in [2.05, 4.69) is 15.8 Å². The molecule has 22 heavy (non-hydrogen) atoms. The van der Waals surface area contributed by atoms with E-state index in [0.29, 0.717) is 5.56 Å². The summed E-state index contributed by atoms with van der Waals surface area (Å²) in [6, 6.07) is 10.7. The Balaban J connectivity index is 2.16. The van der Waals surface area contributed by atoms with E-state index in [4.69, 9.17) is 0 Å². The molecule has 0 spiro atoms. The highest BCUT2D eigenvalue weighted by molar-refractivity contribution is 6.35. The lowest BCUT2D eigenvalue weighted by Crippen LogP contribution is -2.41. The molecule has 2 aromatic carbocycles. The summed E-state index contributed by atoms with van der Waals surface area (Å²) in [4.78, 5) is 22.9. The van der Waals surface area contributed by atoms with Crippen LogP contribution in [-0.2, 0) is 9.59 Å². The smallest absolute Gasteiger partial charge is 0.329 e. The summed E-state index contributed by atoms with van der Waals surface area (Å²) in [5, 5.41) is 17.8. The minimum Gasteiger partial charge on any atom is -0.507 e. The highest BCUT2D eigenvalue weighted by Gasteiger charge is 2.13. The van der Waals surface area contributed by atoms with E-state index >= 15 is 0 Å². The third-order valence-electron chi connectivity index (χ3n) is 2.93. The third-order valence-corrected chi connectivity index (χ3v) is 2.93. The van der Waals surface area contributed by atoms with Gasteiger partial charge in [0.05, 0.1) is 6.21 Å². The quantitative estimate of drug-likeness (QED) is 0.456. The lowest BCUT2D eigenvalue weighted by atomic mass is 10.0. The molecule has 0 aliphatic heterocycles. The zero-order valence-corrected chi connectivity index (χ0v) is 12.3. The van der Waals surface area contributed by atoms with Crippen LogP contribution in [0.25, 0.3) is 10.8 Å². The minimum absolute atomic E-state index is 0.0448. The molecular weight excluding hydrogens is 282 g/mol. The fourth-order valence-electron chi connectivity index (χ4n) is 1.95. The predicted molar refractivity (Wildman–Crippen MR) is 84.6 cm³/mol. The van der Waals surface area contributed by atoms with Gasteiger partial charge in [-0.15, -0.1) is 0 Å². The van der Waals surface area contributed by atoms with E-state index < -0.39 is 11.8 Å². The molecule has 2 rings (SSSR count). The second-order valence-electron chi connectivity index (χ2n) is 5.05. The van der Waals surface area contributed by atoms with E-state index in [1.807, 2.05) is 24.3 Å². The van der Waals surface area contributed by atoms with Crippen molar-refractivity contribution in [1.82, 2.24) is 10.7 Å². The highest BCUT2D eigenvalue weighted by atomic mass is 16.3. The molecule has 0 saturated carbocycles. The maximum absolute atomic E-state index is 11.5. The van der Waals surface area contributed by atoms with Crippen molar-refractivity contribution in [1.29, 1.82) is 0 Å². The van der Waals surface area contributed by atoms with Gasteiger partial charge < -0.3 is 10.4 Å². The van der Waals surface area contributed by atoms with Gasteiger partial charge in [0.25, 0.3) is 0 Å². The largest absolute Gasteiger partial charge is 0.507 e. The number of benzene rings is 2. The Labute approximate surface area is 127 Å². The summed E-state index contributed by atoms with van der Waals surface area (Å²) in [6.45, 7) is 3.51. The van der Waals surface area contributed by atoms with Crippen LogP contribution in [0.15, 0.2) is 41.5 Å². The van der Waals surface area contributed by atoms with Gasteiger partial charge in [-0.25, -0.2) is 5.43 Å². The SMILES string of the molecule is CC(C)NC(=O)C(=O)NN=Cc1c(O)ccc2ccccc12. The Kier molecular flexibility index (Phi) is 4.73. The van der Waals surface area contributed by atoms with Crippen LogP contribution in [0.5, 0.6) is 5.75 Å². The predicted octanol–water partition coefficient (Wildman–Crippen LogP) is 1.52. The molecule has 6 heteroatoms. The third kappa shape index (κ3) is 3.60. The van der Waals surface area contributed by atoms with E-state index in [0.717, 1.165) is 10.8 Å². The van der Waals surface area contributed by atoms with Crippen molar-refractivity contribution in [3.05, 3.63) is 42.0 Å². The van der Waals surface area contributed by atoms with E-state index in [1.165, 1.54) is 6.21 Å². The second-order valence-corrected chi connectivity index (χ2v) is 5.05. The van der Waals surface area contributed by atoms with Gasteiger partial charge in [-0.2, -0.15) is 5.10 Å². The van der Waals surface area contributed by atoms with Gasteiger partial charge in [0, 0.05) is 11.6 Å². The lowest BCUT2D eigenvalue weighted by Gasteiger charge is -2.07. The minimum atomic E-state index is -0.857. The van der Waals surface area contributed by atoms with E-state index in [9.17, 15) is 14.7 Å². The molecule has 0 aromatic heterocycles. The number of hydrogen-bond donors (Lipinski definition) is 3. The monoisotopic (exact) mass is 299 g/mol. The van der Waals surface area contributed by atoms with E-state index in [-0.39, 0.29) is 11.8 Å². The van der Waals surface area contributed by atoms with Crippen LogP contribution in [0.4, 0.5) is 0 Å². The number of phenolic OH excluding ortho intramolecular Hbond substituents is 1. The molecule has 2 aromatic rings. The summed E-state index contributed by atoms with van der Waals surface area (Å²) >= 11 is 0. The number of hydrogen-bond acceptors (Lipinski definition) is 4. The van der Waals surface area contributed by atoms with Gasteiger partial charge in [0.15, 0.2) is 0 Å². The molecule has 0 aliphatic rings. The van der Waals surface area contributed by atoms with Crippen LogP contribution in [0.3, 0.4) is 0 Å². The van der Waals surface area contributed by atoms with Crippen molar-refractivity contribution in [2.75, 3.05) is 0 Å². The molecule has 0 atom stereocenters. The molecule has 0 radical (unpaired) electrons. The summed E-state index contributed by atoms with van der Waals surface area (Å²) in [5.74, 6) is -1.57. The highest BCUT2D eigenvalue weighted by Crippen LogP contribution is 2.25. The van der Waals surface area contributed by atoms with E-state index in [1.54, 1.807) is 26.0 Å². The number of nitrogens with one attached hydrogen (secondary N) is 2. The number of amides is 2. The topological polar surface area (TPSA) is 90.8 Å². The molecule has 3 N–H and O–H groups in total. The molecular formula is C16H17N3O3. The van der Waals surface area contributed by atoms with Crippen molar-refractivity contribution in [2.45, 2.75) is 19.9 Å². The molecule has 114 valence electrons. The number of nitrogens with zero attached hydrogens (tertiary/aromatic N) is 1. The molecule has 2 amide bonds. The molecule has 0 saturated heterocycles. The van der Waals surface area contributed by atoms with Crippen LogP contribution in [-0.4, -0.2) is 29.2 Å². The van der Waals surface area contributed by atoms with Crippen LogP contribution >= 0.6 is 0 Å². The van der Waals surface area contributed by atoms with Crippen LogP contribution in [0, 0.1) is 0 Å². The number of fused-ring (bicyclic) bond motifs is 1. The maximum Gasteiger partial charge on any atom is 0.329 e. The molecule has 0 unspecified atom stereocenters. The van der Waals surface area contributed by atoms with Gasteiger partial charge >= 0.3 is 11.8 Å². The fraction of sp³-hybridized carbons (Fsp3) is 0.188. The van der Waals surface area contributed by atoms with Gasteiger partial charge in [-0.05, 0) is 30.7 Å². The second kappa shape index (κ2) is 6.71. The van der Waals surface area contributed by atoms with Crippen LogP contribution in [0.1, 0.15) is 19.4 Å². The van der Waals surface area contributed by atoms with Crippen molar-refractivity contribution in [3.8, 4) is 5.75 Å². The van der Waals surface area contributed by atoms with Crippen LogP contribution in [0.2, 0.25) is 0 Å². The zero-order chi connectivity index (χ0) is 16.1. The average molecular weight is 299 g/mol. The summed E-state index contributed by atoms with van der Waals surface area (Å²) in [6.07, 6.45) is 1.32. The first-order chi connectivity index (χ1) is 10.5. The number of carbonyl (C=O) groups excluding carboxylic acids is 2. The standard InChI is InChI=1S/C16H17N3O3/c1-10(2)18-15(21)16(22)19-17-9-13-12-6-4-3-5-11(12)7-8-14(13)20/h3-10,20H,1-2H3,(H,18,21)(H,19,22). The Morgan fingerprint density at radius 1 is 1.14 bits per heavy atom. The zero-order valence-electron chi connectivity index (χ0n) is 12.3. The first kappa shape index (κ1) is 15.5. The molecule has 6 nitrogen and oxygen atoms in total. The fourth-order valence-corrected chi connectivity index (χ4v) is 1.95. The van der Waals surface area contributed by atoms with Gasteiger partial charge in [-0.3, -0.25) is 9.59 Å². The first-order valence-electron chi connectivity index (χ1n) is 6.83. The molecule has 0 fully saturated rings. The maximum atomic E-state index is 11.5. The molecule has 0 bridgehead atoms. The van der Waals surface area contributed by atoms with Crippen molar-refractivity contribution in [3.63, 3.8) is 0 Å². The lowest BCUT2D eigenvalue weighted by molar-refractivity contribution is -0.139. The van der Waals surface area contributed by atoms with Gasteiger partial charge in [0.2, 0.25) is 0 Å². The Hall–Kier alpha value is -2.89. The number of rotatable bonds is 3. The van der Waals surface area contributed by atoms with Crippen LogP contribution < -0.4 is 10.7 Å². The number of carbonyl (C=O) groups is 2.